The highest BCUT2D eigenvalue weighted by molar-refractivity contribution is 7.85. The lowest BCUT2D eigenvalue weighted by Crippen LogP contribution is -2.60. The number of rotatable bonds is 1. The van der Waals surface area contributed by atoms with Gasteiger partial charge in [-0.05, 0) is 53.2 Å². The molecule has 1 aromatic carbocycles. The zero-order chi connectivity index (χ0) is 17.2. The van der Waals surface area contributed by atoms with Crippen LogP contribution < -0.4 is 5.32 Å². The third kappa shape index (κ3) is 5.51. The molecule has 1 heterocycles. The first-order chi connectivity index (χ1) is 9.83. The Kier molecular flexibility index (Phi) is 5.54. The van der Waals surface area contributed by atoms with E-state index in [0.29, 0.717) is 12.2 Å². The Labute approximate surface area is 132 Å². The summed E-state index contributed by atoms with van der Waals surface area (Å²) in [5, 5.41) is 3.33. The van der Waals surface area contributed by atoms with Gasteiger partial charge in [-0.3, -0.25) is 9.35 Å². The number of aryl methyl sites for hydroxylation is 1. The van der Waals surface area contributed by atoms with E-state index in [0.717, 1.165) is 12.0 Å². The second-order valence-electron chi connectivity index (χ2n) is 6.85. The molecule has 1 fully saturated rings. The fourth-order valence-corrected chi connectivity index (χ4v) is 2.91. The Morgan fingerprint density at radius 2 is 1.59 bits per heavy atom. The normalized spacial score (nSPS) is 20.0. The van der Waals surface area contributed by atoms with Crippen molar-refractivity contribution in [3.8, 4) is 0 Å². The smallest absolute Gasteiger partial charge is 0.294 e. The number of carbonyl (C=O) groups excluding carboxylic acids is 1. The van der Waals surface area contributed by atoms with E-state index in [1.54, 1.807) is 12.1 Å². The van der Waals surface area contributed by atoms with E-state index in [-0.39, 0.29) is 16.0 Å². The summed E-state index contributed by atoms with van der Waals surface area (Å²) in [6.45, 7) is 10.0. The first-order valence-electron chi connectivity index (χ1n) is 7.20. The number of piperidine rings is 1. The SMILES string of the molecule is CC1(C)CCC(=O)C(C)(C)N1.Cc1ccc(S(=O)(=O)O)cc1. The first-order valence-corrected chi connectivity index (χ1v) is 8.64. The van der Waals surface area contributed by atoms with E-state index in [2.05, 4.69) is 19.2 Å². The molecule has 1 aliphatic rings. The molecule has 0 bridgehead atoms. The van der Waals surface area contributed by atoms with Crippen molar-refractivity contribution in [2.24, 2.45) is 0 Å². The summed E-state index contributed by atoms with van der Waals surface area (Å²) >= 11 is 0. The van der Waals surface area contributed by atoms with Crippen molar-refractivity contribution < 1.29 is 17.8 Å². The standard InChI is InChI=1S/C9H17NO.C7H8O3S/c1-8(2)6-5-7(11)9(3,4)10-8;1-6-2-4-7(5-3-6)11(8,9)10/h10H,5-6H2,1-4H3;2-5H,1H3,(H,8,9,10). The van der Waals surface area contributed by atoms with E-state index in [9.17, 15) is 13.2 Å². The molecule has 1 aromatic rings. The molecular weight excluding hydrogens is 302 g/mol. The van der Waals surface area contributed by atoms with Crippen molar-refractivity contribution in [2.75, 3.05) is 0 Å². The van der Waals surface area contributed by atoms with Crippen LogP contribution in [0.5, 0.6) is 0 Å². The summed E-state index contributed by atoms with van der Waals surface area (Å²) in [6.07, 6.45) is 1.67. The first kappa shape index (κ1) is 18.8. The number of Topliss-reactive ketones (excluding diaryl/α,β-unsaturated/α-hetero) is 1. The van der Waals surface area contributed by atoms with Crippen molar-refractivity contribution in [3.63, 3.8) is 0 Å². The van der Waals surface area contributed by atoms with E-state index in [1.807, 2.05) is 20.8 Å². The summed E-state index contributed by atoms with van der Waals surface area (Å²) in [4.78, 5) is 11.3. The van der Waals surface area contributed by atoms with Gasteiger partial charge in [-0.1, -0.05) is 17.7 Å². The van der Waals surface area contributed by atoms with Gasteiger partial charge in [0.05, 0.1) is 10.4 Å². The molecule has 1 saturated heterocycles. The number of hydrogen-bond donors (Lipinski definition) is 2. The largest absolute Gasteiger partial charge is 0.300 e. The van der Waals surface area contributed by atoms with Crippen LogP contribution in [0.3, 0.4) is 0 Å². The molecule has 5 nitrogen and oxygen atoms in total. The third-order valence-electron chi connectivity index (χ3n) is 3.64. The zero-order valence-corrected chi connectivity index (χ0v) is 14.6. The van der Waals surface area contributed by atoms with Gasteiger partial charge in [0.15, 0.2) is 5.78 Å². The van der Waals surface area contributed by atoms with Gasteiger partial charge in [0.2, 0.25) is 0 Å². The Morgan fingerprint density at radius 1 is 1.09 bits per heavy atom. The minimum atomic E-state index is -4.02. The summed E-state index contributed by atoms with van der Waals surface area (Å²) in [7, 11) is -4.02. The van der Waals surface area contributed by atoms with Crippen molar-refractivity contribution >= 4 is 15.9 Å². The van der Waals surface area contributed by atoms with Crippen molar-refractivity contribution in [1.82, 2.24) is 5.32 Å². The Bertz CT molecular complexity index is 631. The highest BCUT2D eigenvalue weighted by Crippen LogP contribution is 2.24. The van der Waals surface area contributed by atoms with Crippen LogP contribution in [0, 0.1) is 6.92 Å². The lowest BCUT2D eigenvalue weighted by molar-refractivity contribution is -0.127. The van der Waals surface area contributed by atoms with E-state index in [4.69, 9.17) is 4.55 Å². The van der Waals surface area contributed by atoms with Crippen LogP contribution in [0.25, 0.3) is 0 Å². The van der Waals surface area contributed by atoms with Crippen LogP contribution in [0.4, 0.5) is 0 Å². The number of carbonyl (C=O) groups is 1. The van der Waals surface area contributed by atoms with Gasteiger partial charge in [0.25, 0.3) is 10.1 Å². The minimum absolute atomic E-state index is 0.0666. The highest BCUT2D eigenvalue weighted by atomic mass is 32.2. The minimum Gasteiger partial charge on any atom is -0.300 e. The van der Waals surface area contributed by atoms with E-state index < -0.39 is 10.1 Å². The lowest BCUT2D eigenvalue weighted by atomic mass is 9.82. The van der Waals surface area contributed by atoms with Gasteiger partial charge >= 0.3 is 0 Å². The van der Waals surface area contributed by atoms with Crippen LogP contribution in [0.2, 0.25) is 0 Å². The van der Waals surface area contributed by atoms with Crippen LogP contribution >= 0.6 is 0 Å². The van der Waals surface area contributed by atoms with Gasteiger partial charge < -0.3 is 5.32 Å². The molecule has 0 atom stereocenters. The molecule has 1 aliphatic heterocycles. The molecule has 0 aliphatic carbocycles. The molecule has 2 N–H and O–H groups in total. The number of benzene rings is 1. The molecule has 0 unspecified atom stereocenters. The predicted molar refractivity (Wildman–Crippen MR) is 86.5 cm³/mol. The summed E-state index contributed by atoms with van der Waals surface area (Å²) in [5.41, 5.74) is 0.761. The van der Waals surface area contributed by atoms with Crippen molar-refractivity contribution in [3.05, 3.63) is 29.8 Å². The maximum atomic E-state index is 11.3. The monoisotopic (exact) mass is 327 g/mol. The van der Waals surface area contributed by atoms with Gasteiger partial charge in [0, 0.05) is 12.0 Å². The van der Waals surface area contributed by atoms with Crippen molar-refractivity contribution in [1.29, 1.82) is 0 Å². The average Bonchev–Trinajstić information content (AvgIpc) is 2.33. The van der Waals surface area contributed by atoms with Gasteiger partial charge in [-0.2, -0.15) is 8.42 Å². The topological polar surface area (TPSA) is 83.5 Å². The maximum Gasteiger partial charge on any atom is 0.294 e. The molecule has 6 heteroatoms. The Hall–Kier alpha value is -1.24. The van der Waals surface area contributed by atoms with E-state index in [1.165, 1.54) is 12.1 Å². The second-order valence-corrected chi connectivity index (χ2v) is 8.27. The van der Waals surface area contributed by atoms with Crippen LogP contribution in [-0.4, -0.2) is 29.8 Å². The van der Waals surface area contributed by atoms with Gasteiger partial charge in [-0.15, -0.1) is 0 Å². The highest BCUT2D eigenvalue weighted by Gasteiger charge is 2.38. The Morgan fingerprint density at radius 3 is 1.95 bits per heavy atom. The lowest BCUT2D eigenvalue weighted by Gasteiger charge is -2.41. The molecule has 0 radical (unpaired) electrons. The molecular formula is C16H25NO4S. The van der Waals surface area contributed by atoms with Gasteiger partial charge in [0.1, 0.15) is 0 Å². The van der Waals surface area contributed by atoms with Gasteiger partial charge in [-0.25, -0.2) is 0 Å². The molecule has 0 amide bonds. The third-order valence-corrected chi connectivity index (χ3v) is 4.51. The van der Waals surface area contributed by atoms with Crippen LogP contribution in [0.1, 0.15) is 46.1 Å². The molecule has 0 saturated carbocycles. The molecule has 0 aromatic heterocycles. The Balaban J connectivity index is 0.000000220. The van der Waals surface area contributed by atoms with Crippen molar-refractivity contribution in [2.45, 2.75) is 63.4 Å². The molecule has 0 spiro atoms. The zero-order valence-electron chi connectivity index (χ0n) is 13.8. The second kappa shape index (κ2) is 6.48. The fraction of sp³-hybridized carbons (Fsp3) is 0.562. The van der Waals surface area contributed by atoms with Crippen LogP contribution in [0.15, 0.2) is 29.2 Å². The number of nitrogens with one attached hydrogen (secondary N) is 1. The molecule has 2 rings (SSSR count). The summed E-state index contributed by atoms with van der Waals surface area (Å²) in [5.74, 6) is 0.330. The molecule has 22 heavy (non-hydrogen) atoms. The van der Waals surface area contributed by atoms with Crippen LogP contribution in [-0.2, 0) is 14.9 Å². The fourth-order valence-electron chi connectivity index (χ4n) is 2.43. The quantitative estimate of drug-likeness (QED) is 0.775. The van der Waals surface area contributed by atoms with E-state index >= 15 is 0 Å². The predicted octanol–water partition coefficient (Wildman–Crippen LogP) is 2.74. The number of hydrogen-bond acceptors (Lipinski definition) is 4. The number of ketones is 1. The maximum absolute atomic E-state index is 11.3. The average molecular weight is 327 g/mol. The summed E-state index contributed by atoms with van der Waals surface area (Å²) < 4.78 is 29.6. The summed E-state index contributed by atoms with van der Waals surface area (Å²) in [6, 6.07) is 5.99. The molecule has 124 valence electrons.